The zero-order valence-electron chi connectivity index (χ0n) is 11.4. The van der Waals surface area contributed by atoms with Crippen LogP contribution in [0.5, 0.6) is 0 Å². The largest absolute Gasteiger partial charge is 0.481 e. The number of hydrogen-bond acceptors (Lipinski definition) is 2. The maximum Gasteiger partial charge on any atom is 0.417 e. The molecule has 3 rings (SSSR count). The van der Waals surface area contributed by atoms with E-state index in [0.29, 0.717) is 24.2 Å². The Morgan fingerprint density at radius 2 is 2.05 bits per heavy atom. The Balaban J connectivity index is 2.01. The van der Waals surface area contributed by atoms with Crippen LogP contribution in [0.4, 0.5) is 13.2 Å². The highest BCUT2D eigenvalue weighted by Crippen LogP contribution is 2.37. The van der Waals surface area contributed by atoms with E-state index in [9.17, 15) is 18.0 Å². The van der Waals surface area contributed by atoms with E-state index in [4.69, 9.17) is 5.11 Å². The molecule has 1 atom stereocenters. The first-order valence-corrected chi connectivity index (χ1v) is 6.83. The number of halogens is 3. The van der Waals surface area contributed by atoms with Gasteiger partial charge in [0.15, 0.2) is 0 Å². The summed E-state index contributed by atoms with van der Waals surface area (Å²) in [5.74, 6) is -1.26. The molecule has 0 spiro atoms. The summed E-state index contributed by atoms with van der Waals surface area (Å²) < 4.78 is 39.2. The molecule has 0 fully saturated rings. The van der Waals surface area contributed by atoms with Crippen LogP contribution in [0.25, 0.3) is 11.4 Å². The predicted octanol–water partition coefficient (Wildman–Crippen LogP) is 3.29. The van der Waals surface area contributed by atoms with Gasteiger partial charge in [0.25, 0.3) is 0 Å². The predicted molar refractivity (Wildman–Crippen MR) is 72.2 cm³/mol. The minimum Gasteiger partial charge on any atom is -0.481 e. The minimum absolute atomic E-state index is 0.0173. The zero-order valence-corrected chi connectivity index (χ0v) is 11.4. The van der Waals surface area contributed by atoms with Crippen LogP contribution >= 0.6 is 0 Å². The number of hydrogen-bond donors (Lipinski definition) is 2. The Hall–Kier alpha value is -2.31. The summed E-state index contributed by atoms with van der Waals surface area (Å²) in [4.78, 5) is 18.2. The molecule has 0 aliphatic heterocycles. The summed E-state index contributed by atoms with van der Waals surface area (Å²) >= 11 is 0. The molecule has 1 aromatic heterocycles. The smallest absolute Gasteiger partial charge is 0.417 e. The number of alkyl halides is 3. The van der Waals surface area contributed by atoms with Crippen LogP contribution in [0.1, 0.15) is 23.4 Å². The Morgan fingerprint density at radius 3 is 2.73 bits per heavy atom. The molecule has 116 valence electrons. The van der Waals surface area contributed by atoms with Crippen molar-refractivity contribution in [1.29, 1.82) is 0 Å². The molecule has 2 aromatic rings. The van der Waals surface area contributed by atoms with Gasteiger partial charge in [-0.05, 0) is 18.9 Å². The molecule has 1 heterocycles. The molecule has 1 aromatic carbocycles. The number of nitrogens with zero attached hydrogens (tertiary/aromatic N) is 1. The fourth-order valence-electron chi connectivity index (χ4n) is 2.76. The molecule has 7 heteroatoms. The van der Waals surface area contributed by atoms with Crippen molar-refractivity contribution in [2.45, 2.75) is 25.4 Å². The molecule has 0 radical (unpaired) electrons. The number of aromatic nitrogens is 2. The number of aromatic amines is 1. The van der Waals surface area contributed by atoms with Crippen molar-refractivity contribution in [1.82, 2.24) is 9.97 Å². The van der Waals surface area contributed by atoms with Gasteiger partial charge in [0.2, 0.25) is 0 Å². The third-order valence-corrected chi connectivity index (χ3v) is 3.88. The van der Waals surface area contributed by atoms with Crippen LogP contribution in [-0.4, -0.2) is 21.0 Å². The highest BCUT2D eigenvalue weighted by atomic mass is 19.4. The van der Waals surface area contributed by atoms with Crippen molar-refractivity contribution in [3.8, 4) is 11.4 Å². The van der Waals surface area contributed by atoms with Crippen molar-refractivity contribution in [3.63, 3.8) is 0 Å². The summed E-state index contributed by atoms with van der Waals surface area (Å²) in [7, 11) is 0. The van der Waals surface area contributed by atoms with Gasteiger partial charge in [0.1, 0.15) is 5.82 Å². The van der Waals surface area contributed by atoms with Crippen LogP contribution in [-0.2, 0) is 23.8 Å². The summed E-state index contributed by atoms with van der Waals surface area (Å²) in [6.45, 7) is 0. The SMILES string of the molecule is O=C(O)C1CCc2nc(-c3ccccc3C(F)(F)F)[nH]c2C1. The monoisotopic (exact) mass is 310 g/mol. The van der Waals surface area contributed by atoms with Crippen LogP contribution in [0.3, 0.4) is 0 Å². The molecule has 1 aliphatic carbocycles. The average Bonchev–Trinajstić information content (AvgIpc) is 2.89. The second kappa shape index (κ2) is 5.15. The number of aliphatic carboxylic acids is 1. The summed E-state index contributed by atoms with van der Waals surface area (Å²) in [5, 5.41) is 9.06. The van der Waals surface area contributed by atoms with Crippen molar-refractivity contribution in [3.05, 3.63) is 41.2 Å². The second-order valence-corrected chi connectivity index (χ2v) is 5.33. The number of benzene rings is 1. The van der Waals surface area contributed by atoms with E-state index in [1.54, 1.807) is 0 Å². The van der Waals surface area contributed by atoms with Gasteiger partial charge in [-0.2, -0.15) is 13.2 Å². The van der Waals surface area contributed by atoms with Crippen LogP contribution in [0.15, 0.2) is 24.3 Å². The Labute approximate surface area is 124 Å². The van der Waals surface area contributed by atoms with Gasteiger partial charge in [-0.1, -0.05) is 18.2 Å². The first kappa shape index (κ1) is 14.6. The molecule has 0 saturated carbocycles. The lowest BCUT2D eigenvalue weighted by Gasteiger charge is -2.16. The Morgan fingerprint density at radius 1 is 1.32 bits per heavy atom. The third-order valence-electron chi connectivity index (χ3n) is 3.88. The fraction of sp³-hybridized carbons (Fsp3) is 0.333. The number of imidazole rings is 1. The van der Waals surface area contributed by atoms with Crippen LogP contribution in [0.2, 0.25) is 0 Å². The van der Waals surface area contributed by atoms with E-state index >= 15 is 0 Å². The minimum atomic E-state index is -4.46. The maximum atomic E-state index is 13.1. The summed E-state index contributed by atoms with van der Waals surface area (Å²) in [6.07, 6.45) is -3.29. The van der Waals surface area contributed by atoms with Gasteiger partial charge in [0, 0.05) is 17.7 Å². The topological polar surface area (TPSA) is 66.0 Å². The molecular weight excluding hydrogens is 297 g/mol. The van der Waals surface area contributed by atoms with Crippen LogP contribution in [0, 0.1) is 5.92 Å². The van der Waals surface area contributed by atoms with E-state index < -0.39 is 23.6 Å². The zero-order chi connectivity index (χ0) is 15.9. The van der Waals surface area contributed by atoms with Gasteiger partial charge >= 0.3 is 12.1 Å². The second-order valence-electron chi connectivity index (χ2n) is 5.33. The fourth-order valence-corrected chi connectivity index (χ4v) is 2.76. The molecule has 2 N–H and O–H groups in total. The van der Waals surface area contributed by atoms with Gasteiger partial charge in [-0.3, -0.25) is 4.79 Å². The lowest BCUT2D eigenvalue weighted by atomic mass is 9.90. The number of nitrogens with one attached hydrogen (secondary N) is 1. The number of carbonyl (C=O) groups is 1. The Bertz CT molecular complexity index is 722. The first-order valence-electron chi connectivity index (χ1n) is 6.83. The van der Waals surface area contributed by atoms with Crippen LogP contribution < -0.4 is 0 Å². The molecule has 0 amide bonds. The summed E-state index contributed by atoms with van der Waals surface area (Å²) in [5.41, 5.74) is 0.502. The normalized spacial score (nSPS) is 18.0. The van der Waals surface area contributed by atoms with Gasteiger partial charge in [-0.25, -0.2) is 4.98 Å². The molecule has 22 heavy (non-hydrogen) atoms. The number of carboxylic acid groups (broad SMARTS) is 1. The molecule has 1 unspecified atom stereocenters. The number of aryl methyl sites for hydroxylation is 1. The molecule has 1 aliphatic rings. The third kappa shape index (κ3) is 2.58. The van der Waals surface area contributed by atoms with E-state index in [2.05, 4.69) is 9.97 Å². The van der Waals surface area contributed by atoms with Gasteiger partial charge in [-0.15, -0.1) is 0 Å². The van der Waals surface area contributed by atoms with E-state index in [-0.39, 0.29) is 17.8 Å². The maximum absolute atomic E-state index is 13.1. The number of H-pyrrole nitrogens is 1. The van der Waals surface area contributed by atoms with E-state index in [1.807, 2.05) is 0 Å². The number of fused-ring (bicyclic) bond motifs is 1. The number of rotatable bonds is 2. The van der Waals surface area contributed by atoms with Crippen molar-refractivity contribution in [2.24, 2.45) is 5.92 Å². The molecule has 0 bridgehead atoms. The summed E-state index contributed by atoms with van der Waals surface area (Å²) in [6, 6.07) is 5.22. The van der Waals surface area contributed by atoms with Crippen molar-refractivity contribution >= 4 is 5.97 Å². The lowest BCUT2D eigenvalue weighted by Crippen LogP contribution is -2.22. The lowest BCUT2D eigenvalue weighted by molar-refractivity contribution is -0.142. The average molecular weight is 310 g/mol. The highest BCUT2D eigenvalue weighted by molar-refractivity contribution is 5.71. The highest BCUT2D eigenvalue weighted by Gasteiger charge is 2.35. The first-order chi connectivity index (χ1) is 10.4. The molecule has 0 saturated heterocycles. The standard InChI is InChI=1S/C15H13F3N2O2/c16-15(17,18)10-4-2-1-3-9(10)13-19-11-6-5-8(14(21)22)7-12(11)20-13/h1-4,8H,5-7H2,(H,19,20)(H,21,22). The molecular formula is C15H13F3N2O2. The number of carboxylic acids is 1. The van der Waals surface area contributed by atoms with Crippen molar-refractivity contribution < 1.29 is 23.1 Å². The van der Waals surface area contributed by atoms with Crippen molar-refractivity contribution in [2.75, 3.05) is 0 Å². The molecule has 4 nitrogen and oxygen atoms in total. The van der Waals surface area contributed by atoms with Gasteiger partial charge in [0.05, 0.1) is 17.2 Å². The van der Waals surface area contributed by atoms with Gasteiger partial charge < -0.3 is 10.1 Å². The quantitative estimate of drug-likeness (QED) is 0.894. The van der Waals surface area contributed by atoms with E-state index in [0.717, 1.165) is 6.07 Å². The van der Waals surface area contributed by atoms with E-state index in [1.165, 1.54) is 18.2 Å². The Kier molecular flexibility index (Phi) is 3.42.